The quantitative estimate of drug-likeness (QED) is 0.293. The number of carbonyl (C=O) groups excluding carboxylic acids is 5. The Hall–Kier alpha value is -3.98. The Labute approximate surface area is 199 Å². The molecular weight excluding hydrogens is 462 g/mol. The largest absolute Gasteiger partial charge is 0.452 e. The highest BCUT2D eigenvalue weighted by molar-refractivity contribution is 6.30. The third-order valence-corrected chi connectivity index (χ3v) is 5.86. The normalized spacial score (nSPS) is 18.9. The van der Waals surface area contributed by atoms with Crippen LogP contribution in [0.15, 0.2) is 60.7 Å². The third-order valence-electron chi connectivity index (χ3n) is 5.60. The molecule has 2 atom stereocenters. The minimum absolute atomic E-state index is 0.0732. The van der Waals surface area contributed by atoms with Crippen molar-refractivity contribution in [1.82, 2.24) is 10.9 Å². The fourth-order valence-corrected chi connectivity index (χ4v) is 4.00. The number of benzene rings is 2. The number of esters is 1. The van der Waals surface area contributed by atoms with Crippen LogP contribution in [0, 0.1) is 11.8 Å². The summed E-state index contributed by atoms with van der Waals surface area (Å²) in [4.78, 5) is 63.0. The lowest BCUT2D eigenvalue weighted by Gasteiger charge is -2.15. The van der Waals surface area contributed by atoms with Crippen molar-refractivity contribution in [2.45, 2.75) is 12.8 Å². The van der Waals surface area contributed by atoms with Gasteiger partial charge in [-0.15, -0.1) is 0 Å². The standard InChI is InChI=1S/C24H20ClN3O6/c25-16-10-8-14(9-11-16)21(30)27-26-20(29)13-34-24(33)15-4-3-5-17(12-15)28-22(31)18-6-1-2-7-19(18)23(28)32/h1-5,8-12,18-19H,6-7,13H2,(H,26,29)(H,27,30)/t18-,19-/m1/s1. The van der Waals surface area contributed by atoms with Crippen molar-refractivity contribution in [2.75, 3.05) is 11.5 Å². The molecule has 0 radical (unpaired) electrons. The molecule has 1 aliphatic heterocycles. The van der Waals surface area contributed by atoms with Crippen LogP contribution >= 0.6 is 11.6 Å². The lowest BCUT2D eigenvalue weighted by Crippen LogP contribution is -2.43. The first kappa shape index (κ1) is 23.2. The third kappa shape index (κ3) is 4.84. The van der Waals surface area contributed by atoms with E-state index in [1.165, 1.54) is 42.5 Å². The van der Waals surface area contributed by atoms with Gasteiger partial charge in [-0.2, -0.15) is 0 Å². The van der Waals surface area contributed by atoms with Gasteiger partial charge < -0.3 is 4.74 Å². The van der Waals surface area contributed by atoms with Crippen LogP contribution in [0.3, 0.4) is 0 Å². The van der Waals surface area contributed by atoms with Crippen LogP contribution in [0.4, 0.5) is 5.69 Å². The number of nitrogens with zero attached hydrogens (tertiary/aromatic N) is 1. The summed E-state index contributed by atoms with van der Waals surface area (Å²) in [5.41, 5.74) is 4.98. The number of fused-ring (bicyclic) bond motifs is 1. The molecule has 2 aliphatic rings. The van der Waals surface area contributed by atoms with E-state index < -0.39 is 24.4 Å². The lowest BCUT2D eigenvalue weighted by atomic mass is 9.85. The second kappa shape index (κ2) is 9.88. The van der Waals surface area contributed by atoms with Crippen LogP contribution in [0.25, 0.3) is 0 Å². The Balaban J connectivity index is 1.32. The zero-order valence-electron chi connectivity index (χ0n) is 17.8. The van der Waals surface area contributed by atoms with Crippen molar-refractivity contribution in [3.05, 3.63) is 76.8 Å². The van der Waals surface area contributed by atoms with E-state index in [9.17, 15) is 24.0 Å². The number of imide groups is 1. The number of amides is 4. The summed E-state index contributed by atoms with van der Waals surface area (Å²) in [6, 6.07) is 11.9. The smallest absolute Gasteiger partial charge is 0.338 e. The van der Waals surface area contributed by atoms with Gasteiger partial charge in [0, 0.05) is 10.6 Å². The highest BCUT2D eigenvalue weighted by Gasteiger charge is 2.47. The molecule has 2 N–H and O–H groups in total. The van der Waals surface area contributed by atoms with E-state index in [1.54, 1.807) is 6.07 Å². The summed E-state index contributed by atoms with van der Waals surface area (Å²) in [5.74, 6) is -3.51. The lowest BCUT2D eigenvalue weighted by molar-refractivity contribution is -0.125. The fraction of sp³-hybridized carbons (Fsp3) is 0.208. The molecule has 174 valence electrons. The Morgan fingerprint density at radius 1 is 0.912 bits per heavy atom. The van der Waals surface area contributed by atoms with E-state index >= 15 is 0 Å². The van der Waals surface area contributed by atoms with Gasteiger partial charge in [0.1, 0.15) is 0 Å². The van der Waals surface area contributed by atoms with Crippen molar-refractivity contribution in [3.8, 4) is 0 Å². The second-order valence-electron chi connectivity index (χ2n) is 7.80. The van der Waals surface area contributed by atoms with Crippen LogP contribution < -0.4 is 15.8 Å². The monoisotopic (exact) mass is 481 g/mol. The summed E-state index contributed by atoms with van der Waals surface area (Å²) < 4.78 is 4.99. The van der Waals surface area contributed by atoms with Crippen LogP contribution in [0.1, 0.15) is 33.6 Å². The first-order chi connectivity index (χ1) is 16.3. The zero-order chi connectivity index (χ0) is 24.2. The van der Waals surface area contributed by atoms with Crippen LogP contribution in [0.2, 0.25) is 5.02 Å². The van der Waals surface area contributed by atoms with Gasteiger partial charge in [-0.05, 0) is 55.3 Å². The number of halogens is 1. The first-order valence-electron chi connectivity index (χ1n) is 10.5. The van der Waals surface area contributed by atoms with Gasteiger partial charge in [-0.3, -0.25) is 34.9 Å². The molecule has 0 spiro atoms. The second-order valence-corrected chi connectivity index (χ2v) is 8.24. The maximum atomic E-state index is 12.8. The molecule has 0 bridgehead atoms. The van der Waals surface area contributed by atoms with E-state index in [0.717, 1.165) is 4.90 Å². The minimum atomic E-state index is -0.820. The molecule has 0 unspecified atom stereocenters. The molecular formula is C24H20ClN3O6. The summed E-state index contributed by atoms with van der Waals surface area (Å²) in [6.45, 7) is -0.651. The van der Waals surface area contributed by atoms with Crippen LogP contribution in [-0.4, -0.2) is 36.2 Å². The first-order valence-corrected chi connectivity index (χ1v) is 10.9. The maximum absolute atomic E-state index is 12.8. The molecule has 0 aromatic heterocycles. The summed E-state index contributed by atoms with van der Waals surface area (Å²) in [7, 11) is 0. The van der Waals surface area contributed by atoms with Gasteiger partial charge in [0.25, 0.3) is 11.8 Å². The fourth-order valence-electron chi connectivity index (χ4n) is 3.88. The highest BCUT2D eigenvalue weighted by Crippen LogP contribution is 2.37. The predicted octanol–water partition coefficient (Wildman–Crippen LogP) is 2.41. The van der Waals surface area contributed by atoms with Crippen molar-refractivity contribution < 1.29 is 28.7 Å². The molecule has 1 heterocycles. The van der Waals surface area contributed by atoms with E-state index in [4.69, 9.17) is 16.3 Å². The molecule has 34 heavy (non-hydrogen) atoms. The van der Waals surface area contributed by atoms with Crippen molar-refractivity contribution in [2.24, 2.45) is 11.8 Å². The Morgan fingerprint density at radius 3 is 2.21 bits per heavy atom. The summed E-state index contributed by atoms with van der Waals surface area (Å²) in [6.07, 6.45) is 4.81. The number of hydrazine groups is 1. The average molecular weight is 482 g/mol. The van der Waals surface area contributed by atoms with Gasteiger partial charge in [0.05, 0.1) is 23.1 Å². The SMILES string of the molecule is O=C(COC(=O)c1cccc(N2C(=O)[C@@H]3CC=CC[C@H]3C2=O)c1)NNC(=O)c1ccc(Cl)cc1. The molecule has 1 aliphatic carbocycles. The number of allylic oxidation sites excluding steroid dienone is 2. The van der Waals surface area contributed by atoms with Crippen LogP contribution in [-0.2, 0) is 19.1 Å². The number of ether oxygens (including phenoxy) is 1. The molecule has 1 fully saturated rings. The van der Waals surface area contributed by atoms with E-state index in [-0.39, 0.29) is 40.5 Å². The number of nitrogens with one attached hydrogen (secondary N) is 2. The van der Waals surface area contributed by atoms with Crippen molar-refractivity contribution >= 4 is 46.9 Å². The molecule has 1 saturated heterocycles. The Morgan fingerprint density at radius 2 is 1.56 bits per heavy atom. The van der Waals surface area contributed by atoms with Gasteiger partial charge in [-0.25, -0.2) is 4.79 Å². The molecule has 4 amide bonds. The van der Waals surface area contributed by atoms with E-state index in [0.29, 0.717) is 17.9 Å². The minimum Gasteiger partial charge on any atom is -0.452 e. The molecule has 9 nitrogen and oxygen atoms in total. The zero-order valence-corrected chi connectivity index (χ0v) is 18.6. The number of rotatable bonds is 5. The van der Waals surface area contributed by atoms with Crippen LogP contribution in [0.5, 0.6) is 0 Å². The maximum Gasteiger partial charge on any atom is 0.338 e. The number of carbonyl (C=O) groups is 5. The number of hydrogen-bond acceptors (Lipinski definition) is 6. The average Bonchev–Trinajstić information content (AvgIpc) is 3.11. The van der Waals surface area contributed by atoms with E-state index in [2.05, 4.69) is 10.9 Å². The van der Waals surface area contributed by atoms with Gasteiger partial charge >= 0.3 is 5.97 Å². The Bertz CT molecular complexity index is 1170. The van der Waals surface area contributed by atoms with Gasteiger partial charge in [0.15, 0.2) is 6.61 Å². The molecule has 0 saturated carbocycles. The summed E-state index contributed by atoms with van der Waals surface area (Å²) in [5, 5.41) is 0.463. The Kier molecular flexibility index (Phi) is 6.74. The predicted molar refractivity (Wildman–Crippen MR) is 122 cm³/mol. The number of anilines is 1. The summed E-state index contributed by atoms with van der Waals surface area (Å²) >= 11 is 5.77. The van der Waals surface area contributed by atoms with Gasteiger partial charge in [0.2, 0.25) is 11.8 Å². The van der Waals surface area contributed by atoms with Gasteiger partial charge in [-0.1, -0.05) is 29.8 Å². The van der Waals surface area contributed by atoms with E-state index in [1.807, 2.05) is 12.2 Å². The molecule has 2 aromatic carbocycles. The molecule has 2 aromatic rings. The topological polar surface area (TPSA) is 122 Å². The highest BCUT2D eigenvalue weighted by atomic mass is 35.5. The number of hydrogen-bond donors (Lipinski definition) is 2. The molecule has 10 heteroatoms. The van der Waals surface area contributed by atoms with Crippen molar-refractivity contribution in [3.63, 3.8) is 0 Å². The molecule has 4 rings (SSSR count). The van der Waals surface area contributed by atoms with Crippen molar-refractivity contribution in [1.29, 1.82) is 0 Å².